The van der Waals surface area contributed by atoms with E-state index in [1.165, 1.54) is 16.5 Å². The van der Waals surface area contributed by atoms with Crippen LogP contribution in [0.4, 0.5) is 0 Å². The number of aromatic nitrogens is 1. The van der Waals surface area contributed by atoms with Crippen LogP contribution in [0, 0.1) is 0 Å². The van der Waals surface area contributed by atoms with Gasteiger partial charge in [-0.2, -0.15) is 0 Å². The summed E-state index contributed by atoms with van der Waals surface area (Å²) in [7, 11) is 0. The third-order valence-electron chi connectivity index (χ3n) is 4.87. The highest BCUT2D eigenvalue weighted by Gasteiger charge is 2.14. The molecule has 0 amide bonds. The van der Waals surface area contributed by atoms with E-state index in [1.54, 1.807) is 0 Å². The van der Waals surface area contributed by atoms with Gasteiger partial charge >= 0.3 is 5.97 Å². The Labute approximate surface area is 143 Å². The van der Waals surface area contributed by atoms with Crippen molar-refractivity contribution in [2.24, 2.45) is 0 Å². The molecule has 1 aromatic carbocycles. The Balaban J connectivity index is 1.88. The molecule has 2 aromatic rings. The molecule has 1 aromatic heterocycles. The molecule has 1 fully saturated rings. The van der Waals surface area contributed by atoms with E-state index in [9.17, 15) is 9.90 Å². The van der Waals surface area contributed by atoms with Gasteiger partial charge in [-0.3, -0.25) is 4.79 Å². The highest BCUT2D eigenvalue weighted by molar-refractivity contribution is 5.86. The second-order valence-electron chi connectivity index (χ2n) is 6.95. The van der Waals surface area contributed by atoms with Crippen LogP contribution in [0.2, 0.25) is 0 Å². The number of benzene rings is 1. The maximum absolute atomic E-state index is 11.2. The van der Waals surface area contributed by atoms with Gasteiger partial charge in [-0.25, -0.2) is 0 Å². The lowest BCUT2D eigenvalue weighted by molar-refractivity contribution is -0.137. The number of hydrogen-bond acceptors (Lipinski definition) is 3. The van der Waals surface area contributed by atoms with E-state index in [1.807, 2.05) is 10.8 Å². The van der Waals surface area contributed by atoms with Gasteiger partial charge in [0.25, 0.3) is 0 Å². The van der Waals surface area contributed by atoms with Crippen molar-refractivity contribution in [3.63, 3.8) is 0 Å². The first-order chi connectivity index (χ1) is 11.5. The monoisotopic (exact) mass is 329 g/mol. The fourth-order valence-corrected chi connectivity index (χ4v) is 3.44. The van der Waals surface area contributed by atoms with E-state index >= 15 is 0 Å². The smallest absolute Gasteiger partial charge is 0.323 e. The lowest BCUT2D eigenvalue weighted by Gasteiger charge is -2.26. The zero-order valence-corrected chi connectivity index (χ0v) is 14.6. The number of rotatable bonds is 6. The number of fused-ring (bicyclic) bond motifs is 1. The third-order valence-corrected chi connectivity index (χ3v) is 4.87. The molecule has 2 N–H and O–H groups in total. The van der Waals surface area contributed by atoms with Crippen molar-refractivity contribution in [2.75, 3.05) is 32.7 Å². The van der Waals surface area contributed by atoms with Gasteiger partial charge in [-0.1, -0.05) is 19.9 Å². The molecule has 0 unspecified atom stereocenters. The number of carboxylic acid groups (broad SMARTS) is 1. The van der Waals surface area contributed by atoms with Gasteiger partial charge in [-0.05, 0) is 35.6 Å². The maximum Gasteiger partial charge on any atom is 0.323 e. The van der Waals surface area contributed by atoms with Crippen molar-refractivity contribution < 1.29 is 9.90 Å². The number of nitrogens with zero attached hydrogens (tertiary/aromatic N) is 2. The first kappa shape index (κ1) is 17.0. The first-order valence-electron chi connectivity index (χ1n) is 8.81. The van der Waals surface area contributed by atoms with E-state index in [0.717, 1.165) is 44.7 Å². The highest BCUT2D eigenvalue weighted by Crippen LogP contribution is 2.26. The van der Waals surface area contributed by atoms with Crippen LogP contribution in [0.25, 0.3) is 10.9 Å². The summed E-state index contributed by atoms with van der Waals surface area (Å²) in [6, 6.07) is 6.43. The fraction of sp³-hybridized carbons (Fsp3) is 0.526. The number of nitrogens with one attached hydrogen (secondary N) is 1. The van der Waals surface area contributed by atoms with Crippen LogP contribution in [0.3, 0.4) is 0 Å². The lowest BCUT2D eigenvalue weighted by atomic mass is 10.00. The van der Waals surface area contributed by atoms with E-state index in [4.69, 9.17) is 0 Å². The molecule has 130 valence electrons. The Morgan fingerprint density at radius 3 is 2.71 bits per heavy atom. The molecule has 0 bridgehead atoms. The minimum absolute atomic E-state index is 0.0190. The van der Waals surface area contributed by atoms with Crippen molar-refractivity contribution in [1.82, 2.24) is 14.8 Å². The first-order valence-corrected chi connectivity index (χ1v) is 8.81. The Bertz CT molecular complexity index is 715. The summed E-state index contributed by atoms with van der Waals surface area (Å²) in [4.78, 5) is 13.6. The van der Waals surface area contributed by atoms with E-state index < -0.39 is 5.97 Å². The number of aliphatic carboxylic acids is 1. The fourth-order valence-electron chi connectivity index (χ4n) is 3.44. The average molecular weight is 329 g/mol. The highest BCUT2D eigenvalue weighted by atomic mass is 16.4. The zero-order valence-electron chi connectivity index (χ0n) is 14.6. The van der Waals surface area contributed by atoms with Crippen LogP contribution in [0.5, 0.6) is 0 Å². The summed E-state index contributed by atoms with van der Waals surface area (Å²) < 4.78 is 1.87. The molecule has 3 rings (SSSR count). The van der Waals surface area contributed by atoms with Gasteiger partial charge in [0.15, 0.2) is 0 Å². The SMILES string of the molecule is CC(C)c1ccc2c(c1)c(CCN1CCNCC1)cn2CC(=O)O. The predicted octanol–water partition coefficient (Wildman–Crippen LogP) is 2.30. The standard InChI is InChI=1S/C19H27N3O2/c1-14(2)15-3-4-18-17(11-15)16(12-22(18)13-19(23)24)5-8-21-9-6-20-7-10-21/h3-4,11-12,14,20H,5-10,13H2,1-2H3,(H,23,24). The van der Waals surface area contributed by atoms with Crippen molar-refractivity contribution in [3.8, 4) is 0 Å². The molecule has 0 spiro atoms. The summed E-state index contributed by atoms with van der Waals surface area (Å²) in [6.45, 7) is 9.71. The number of carboxylic acids is 1. The topological polar surface area (TPSA) is 57.5 Å². The van der Waals surface area contributed by atoms with Crippen molar-refractivity contribution in [1.29, 1.82) is 0 Å². The second kappa shape index (κ2) is 7.36. The molecule has 24 heavy (non-hydrogen) atoms. The van der Waals surface area contributed by atoms with Crippen LogP contribution in [0.15, 0.2) is 24.4 Å². The molecule has 1 aliphatic rings. The molecule has 0 aliphatic carbocycles. The van der Waals surface area contributed by atoms with Gasteiger partial charge < -0.3 is 19.9 Å². The largest absolute Gasteiger partial charge is 0.480 e. The average Bonchev–Trinajstić information content (AvgIpc) is 2.90. The Morgan fingerprint density at radius 1 is 1.29 bits per heavy atom. The van der Waals surface area contributed by atoms with Crippen LogP contribution in [-0.4, -0.2) is 53.3 Å². The van der Waals surface area contributed by atoms with Gasteiger partial charge in [0, 0.05) is 49.8 Å². The van der Waals surface area contributed by atoms with Gasteiger partial charge in [0.1, 0.15) is 6.54 Å². The van der Waals surface area contributed by atoms with Gasteiger partial charge in [0.05, 0.1) is 0 Å². The molecule has 0 saturated carbocycles. The molecule has 1 aliphatic heterocycles. The second-order valence-corrected chi connectivity index (χ2v) is 6.95. The van der Waals surface area contributed by atoms with Crippen LogP contribution in [0.1, 0.15) is 30.9 Å². The van der Waals surface area contributed by atoms with E-state index in [0.29, 0.717) is 5.92 Å². The predicted molar refractivity (Wildman–Crippen MR) is 96.7 cm³/mol. The summed E-state index contributed by atoms with van der Waals surface area (Å²) in [5, 5.41) is 13.8. The van der Waals surface area contributed by atoms with Crippen LogP contribution >= 0.6 is 0 Å². The Morgan fingerprint density at radius 2 is 2.04 bits per heavy atom. The molecular formula is C19H27N3O2. The quantitative estimate of drug-likeness (QED) is 0.854. The molecule has 5 heteroatoms. The zero-order chi connectivity index (χ0) is 17.1. The number of hydrogen-bond donors (Lipinski definition) is 2. The molecule has 5 nitrogen and oxygen atoms in total. The molecule has 0 atom stereocenters. The molecule has 1 saturated heterocycles. The molecule has 0 radical (unpaired) electrons. The third kappa shape index (κ3) is 3.79. The minimum atomic E-state index is -0.798. The summed E-state index contributed by atoms with van der Waals surface area (Å²) in [5.41, 5.74) is 3.59. The number of piperazine rings is 1. The Hall–Kier alpha value is -1.85. The normalized spacial score (nSPS) is 16.1. The summed E-state index contributed by atoms with van der Waals surface area (Å²) in [5.74, 6) is -0.327. The summed E-state index contributed by atoms with van der Waals surface area (Å²) >= 11 is 0. The maximum atomic E-state index is 11.2. The minimum Gasteiger partial charge on any atom is -0.480 e. The van der Waals surface area contributed by atoms with E-state index in [2.05, 4.69) is 42.3 Å². The van der Waals surface area contributed by atoms with E-state index in [-0.39, 0.29) is 6.54 Å². The molecule has 2 heterocycles. The van der Waals surface area contributed by atoms with Crippen molar-refractivity contribution in [2.45, 2.75) is 32.7 Å². The summed E-state index contributed by atoms with van der Waals surface area (Å²) in [6.07, 6.45) is 3.00. The van der Waals surface area contributed by atoms with Crippen LogP contribution in [-0.2, 0) is 17.8 Å². The lowest BCUT2D eigenvalue weighted by Crippen LogP contribution is -2.44. The number of carbonyl (C=O) groups is 1. The van der Waals surface area contributed by atoms with Crippen LogP contribution < -0.4 is 5.32 Å². The van der Waals surface area contributed by atoms with Gasteiger partial charge in [-0.15, -0.1) is 0 Å². The van der Waals surface area contributed by atoms with Gasteiger partial charge in [0.2, 0.25) is 0 Å². The molecular weight excluding hydrogens is 302 g/mol. The van der Waals surface area contributed by atoms with Crippen molar-refractivity contribution >= 4 is 16.9 Å². The Kier molecular flexibility index (Phi) is 5.21. The van der Waals surface area contributed by atoms with Crippen molar-refractivity contribution in [3.05, 3.63) is 35.5 Å².